The summed E-state index contributed by atoms with van der Waals surface area (Å²) in [6, 6.07) is 6.68. The highest BCUT2D eigenvalue weighted by atomic mass is 19.1. The Morgan fingerprint density at radius 1 is 1.32 bits per heavy atom. The van der Waals surface area contributed by atoms with Gasteiger partial charge in [0.05, 0.1) is 12.1 Å². The predicted molar refractivity (Wildman–Crippen MR) is 107 cm³/mol. The average molecular weight is 383 g/mol. The molecule has 5 nitrogen and oxygen atoms in total. The minimum atomic E-state index is -0.466. The van der Waals surface area contributed by atoms with Crippen LogP contribution >= 0.6 is 0 Å². The summed E-state index contributed by atoms with van der Waals surface area (Å²) in [5, 5.41) is 1.93. The largest absolute Gasteiger partial charge is 0.494 e. The van der Waals surface area contributed by atoms with E-state index in [4.69, 9.17) is 4.74 Å². The summed E-state index contributed by atoms with van der Waals surface area (Å²) >= 11 is 0. The highest BCUT2D eigenvalue weighted by Crippen LogP contribution is 2.38. The molecule has 2 fully saturated rings. The number of halogens is 1. The number of aryl methyl sites for hydroxylation is 1. The molecule has 1 aliphatic heterocycles. The van der Waals surface area contributed by atoms with Crippen molar-refractivity contribution in [1.29, 1.82) is 0 Å². The molecule has 1 aliphatic carbocycles. The summed E-state index contributed by atoms with van der Waals surface area (Å²) in [4.78, 5) is 17.2. The van der Waals surface area contributed by atoms with E-state index in [0.717, 1.165) is 30.4 Å². The Balaban J connectivity index is 1.66. The molecular formula is C22H26FN3O2. The van der Waals surface area contributed by atoms with Crippen LogP contribution in [-0.4, -0.2) is 29.5 Å². The van der Waals surface area contributed by atoms with E-state index in [-0.39, 0.29) is 17.5 Å². The number of rotatable bonds is 4. The lowest BCUT2D eigenvalue weighted by Crippen LogP contribution is -2.50. The van der Waals surface area contributed by atoms with Gasteiger partial charge >= 0.3 is 0 Å². The van der Waals surface area contributed by atoms with Crippen LogP contribution in [0.25, 0.3) is 11.1 Å². The van der Waals surface area contributed by atoms with Gasteiger partial charge in [-0.25, -0.2) is 14.8 Å². The Labute approximate surface area is 164 Å². The lowest BCUT2D eigenvalue weighted by atomic mass is 9.93. The number of anilines is 1. The Bertz CT molecular complexity index is 917. The van der Waals surface area contributed by atoms with E-state index >= 15 is 0 Å². The van der Waals surface area contributed by atoms with Crippen molar-refractivity contribution >= 4 is 11.6 Å². The number of hydrogen-bond donors (Lipinski definition) is 1. The first-order valence-electron chi connectivity index (χ1n) is 9.92. The molecule has 4 rings (SSSR count). The maximum atomic E-state index is 14.6. The standard InChI is InChI=1S/C22H26FN3O2/c1-4-28-16-5-6-19(23)18(11-16)17-12-20(24-13-15(17)3)26-10-9-22(25-26)8-7-14(2)21(22)27/h5-6,11-14,25H,4,7-10H2,1-3H3/t14?,22-/m1/s1. The molecule has 1 aromatic heterocycles. The van der Waals surface area contributed by atoms with Gasteiger partial charge in [-0.05, 0) is 68.5 Å². The van der Waals surface area contributed by atoms with Crippen LogP contribution in [0.4, 0.5) is 10.2 Å². The summed E-state index contributed by atoms with van der Waals surface area (Å²) in [5.74, 6) is 1.43. The zero-order valence-corrected chi connectivity index (χ0v) is 16.6. The van der Waals surface area contributed by atoms with Crippen LogP contribution in [0.1, 0.15) is 38.7 Å². The number of hydrazine groups is 1. The van der Waals surface area contributed by atoms with Crippen molar-refractivity contribution in [3.05, 3.63) is 41.8 Å². The fourth-order valence-electron chi connectivity index (χ4n) is 4.31. The molecule has 2 aromatic rings. The number of carbonyl (C=O) groups is 1. The maximum Gasteiger partial charge on any atom is 0.157 e. The Morgan fingerprint density at radius 3 is 2.86 bits per heavy atom. The Morgan fingerprint density at radius 2 is 2.14 bits per heavy atom. The maximum absolute atomic E-state index is 14.6. The molecule has 1 unspecified atom stereocenters. The van der Waals surface area contributed by atoms with Crippen LogP contribution in [0.3, 0.4) is 0 Å². The van der Waals surface area contributed by atoms with Crippen molar-refractivity contribution in [3.63, 3.8) is 0 Å². The first kappa shape index (κ1) is 18.9. The average Bonchev–Trinajstić information content (AvgIpc) is 3.24. The number of nitrogens with zero attached hydrogens (tertiary/aromatic N) is 2. The fourth-order valence-corrected chi connectivity index (χ4v) is 4.31. The summed E-state index contributed by atoms with van der Waals surface area (Å²) in [7, 11) is 0. The van der Waals surface area contributed by atoms with Crippen molar-refractivity contribution in [2.75, 3.05) is 18.2 Å². The third kappa shape index (κ3) is 3.15. The van der Waals surface area contributed by atoms with Crippen molar-refractivity contribution < 1.29 is 13.9 Å². The van der Waals surface area contributed by atoms with Gasteiger partial charge in [-0.1, -0.05) is 6.92 Å². The van der Waals surface area contributed by atoms with Crippen molar-refractivity contribution in [2.24, 2.45) is 5.92 Å². The van der Waals surface area contributed by atoms with Crippen LogP contribution in [0.5, 0.6) is 5.75 Å². The number of Topliss-reactive ketones (excluding diaryl/α,β-unsaturated/α-hetero) is 1. The van der Waals surface area contributed by atoms with Gasteiger partial charge in [0.1, 0.15) is 17.4 Å². The summed E-state index contributed by atoms with van der Waals surface area (Å²) in [6.07, 6.45) is 4.30. The first-order valence-corrected chi connectivity index (χ1v) is 9.92. The summed E-state index contributed by atoms with van der Waals surface area (Å²) in [5.41, 5.74) is 5.10. The van der Waals surface area contributed by atoms with Crippen LogP contribution in [0, 0.1) is 18.7 Å². The minimum Gasteiger partial charge on any atom is -0.494 e. The van der Waals surface area contributed by atoms with Gasteiger partial charge in [-0.2, -0.15) is 0 Å². The quantitative estimate of drug-likeness (QED) is 0.863. The molecule has 1 saturated carbocycles. The van der Waals surface area contributed by atoms with Crippen molar-refractivity contribution in [3.8, 4) is 16.9 Å². The Kier molecular flexibility index (Phi) is 4.83. The second kappa shape index (κ2) is 7.17. The summed E-state index contributed by atoms with van der Waals surface area (Å²) < 4.78 is 20.1. The second-order valence-corrected chi connectivity index (χ2v) is 7.83. The molecule has 28 heavy (non-hydrogen) atoms. The Hall–Kier alpha value is -2.47. The third-order valence-electron chi connectivity index (χ3n) is 5.94. The van der Waals surface area contributed by atoms with Crippen LogP contribution in [0.15, 0.2) is 30.5 Å². The van der Waals surface area contributed by atoms with E-state index in [1.807, 2.05) is 31.8 Å². The number of pyridine rings is 1. The topological polar surface area (TPSA) is 54.5 Å². The van der Waals surface area contributed by atoms with E-state index in [1.165, 1.54) is 6.07 Å². The van der Waals surface area contributed by atoms with E-state index in [1.54, 1.807) is 18.3 Å². The van der Waals surface area contributed by atoms with E-state index in [2.05, 4.69) is 10.4 Å². The molecule has 148 valence electrons. The van der Waals surface area contributed by atoms with Crippen LogP contribution in [0.2, 0.25) is 0 Å². The van der Waals surface area contributed by atoms with Gasteiger partial charge in [-0.3, -0.25) is 9.80 Å². The number of carbonyl (C=O) groups excluding carboxylic acids is 1. The molecule has 2 heterocycles. The third-order valence-corrected chi connectivity index (χ3v) is 5.94. The lowest BCUT2D eigenvalue weighted by molar-refractivity contribution is -0.125. The molecule has 1 saturated heterocycles. The smallest absolute Gasteiger partial charge is 0.157 e. The predicted octanol–water partition coefficient (Wildman–Crippen LogP) is 4.05. The lowest BCUT2D eigenvalue weighted by Gasteiger charge is -2.25. The molecule has 0 amide bonds. The number of ether oxygens (including phenoxy) is 1. The number of hydrogen-bond acceptors (Lipinski definition) is 5. The molecule has 1 aromatic carbocycles. The van der Waals surface area contributed by atoms with Gasteiger partial charge in [-0.15, -0.1) is 0 Å². The highest BCUT2D eigenvalue weighted by Gasteiger charge is 2.50. The molecule has 1 spiro atoms. The number of ketones is 1. The monoisotopic (exact) mass is 383 g/mol. The second-order valence-electron chi connectivity index (χ2n) is 7.83. The van der Waals surface area contributed by atoms with Gasteiger partial charge < -0.3 is 4.74 Å². The highest BCUT2D eigenvalue weighted by molar-refractivity contribution is 5.93. The van der Waals surface area contributed by atoms with E-state index < -0.39 is 5.54 Å². The summed E-state index contributed by atoms with van der Waals surface area (Å²) in [6.45, 7) is 7.05. The molecule has 0 radical (unpaired) electrons. The molecule has 1 N–H and O–H groups in total. The van der Waals surface area contributed by atoms with Gasteiger partial charge in [0.2, 0.25) is 0 Å². The molecular weight excluding hydrogens is 357 g/mol. The van der Waals surface area contributed by atoms with Gasteiger partial charge in [0.15, 0.2) is 5.78 Å². The van der Waals surface area contributed by atoms with E-state index in [0.29, 0.717) is 30.3 Å². The number of benzene rings is 1. The number of aromatic nitrogens is 1. The van der Waals surface area contributed by atoms with Crippen molar-refractivity contribution in [1.82, 2.24) is 10.4 Å². The minimum absolute atomic E-state index is 0.101. The van der Waals surface area contributed by atoms with Crippen molar-refractivity contribution in [2.45, 2.75) is 45.6 Å². The van der Waals surface area contributed by atoms with Crippen LogP contribution in [-0.2, 0) is 4.79 Å². The molecule has 2 aliphatic rings. The molecule has 6 heteroatoms. The van der Waals surface area contributed by atoms with Gasteiger partial charge in [0.25, 0.3) is 0 Å². The normalized spacial score (nSPS) is 24.4. The fraction of sp³-hybridized carbons (Fsp3) is 0.455. The zero-order chi connectivity index (χ0) is 19.9. The first-order chi connectivity index (χ1) is 13.4. The van der Waals surface area contributed by atoms with E-state index in [9.17, 15) is 9.18 Å². The SMILES string of the molecule is CCOc1ccc(F)c(-c2cc(N3CC[C@@]4(CCC(C)C4=O)N3)ncc2C)c1. The molecule has 0 bridgehead atoms. The number of nitrogens with one attached hydrogen (secondary N) is 1. The van der Waals surface area contributed by atoms with Crippen LogP contribution < -0.4 is 15.2 Å². The zero-order valence-electron chi connectivity index (χ0n) is 16.6. The molecule has 2 atom stereocenters. The van der Waals surface area contributed by atoms with Gasteiger partial charge in [0, 0.05) is 24.2 Å².